The van der Waals surface area contributed by atoms with Crippen molar-refractivity contribution in [1.82, 2.24) is 0 Å². The fraction of sp³-hybridized carbons (Fsp3) is 0.471. The molecule has 0 aliphatic rings. The number of hydrogen-bond donors (Lipinski definition) is 1. The third-order valence-corrected chi connectivity index (χ3v) is 8.92. The van der Waals surface area contributed by atoms with Crippen molar-refractivity contribution in [1.29, 1.82) is 0 Å². The zero-order chi connectivity index (χ0) is 16.1. The van der Waals surface area contributed by atoms with E-state index in [4.69, 9.17) is 4.74 Å². The second kappa shape index (κ2) is 6.94. The molecule has 1 atom stereocenters. The smallest absolute Gasteiger partial charge is 0.412 e. The molecule has 0 spiro atoms. The lowest BCUT2D eigenvalue weighted by Gasteiger charge is -2.34. The van der Waals surface area contributed by atoms with Gasteiger partial charge >= 0.3 is 6.09 Å². The van der Waals surface area contributed by atoms with Gasteiger partial charge in [-0.3, -0.25) is 5.32 Å². The first-order valence-corrected chi connectivity index (χ1v) is 10.4. The van der Waals surface area contributed by atoms with Crippen LogP contribution < -0.4 is 5.32 Å². The van der Waals surface area contributed by atoms with E-state index in [1.165, 1.54) is 0 Å². The number of para-hydroxylation sites is 1. The van der Waals surface area contributed by atoms with E-state index in [-0.39, 0.29) is 11.1 Å². The van der Waals surface area contributed by atoms with Crippen molar-refractivity contribution in [3.05, 3.63) is 42.1 Å². The predicted molar refractivity (Wildman–Crippen MR) is 92.3 cm³/mol. The highest BCUT2D eigenvalue weighted by molar-refractivity contribution is 6.84. The summed E-state index contributed by atoms with van der Waals surface area (Å²) in [6.07, 6.45) is 1.35. The SMILES string of the molecule is CC(/C=C/[Si](C)(C)C(C)(C)C)OC(=O)Nc1ccccc1. The van der Waals surface area contributed by atoms with Crippen LogP contribution >= 0.6 is 0 Å². The molecule has 3 nitrogen and oxygen atoms in total. The molecule has 1 aromatic rings. The van der Waals surface area contributed by atoms with E-state index >= 15 is 0 Å². The largest absolute Gasteiger partial charge is 0.442 e. The Bertz CT molecular complexity index is 489. The van der Waals surface area contributed by atoms with Crippen LogP contribution in [0.1, 0.15) is 27.7 Å². The molecule has 116 valence electrons. The fourth-order valence-corrected chi connectivity index (χ4v) is 2.76. The number of hydrogen-bond acceptors (Lipinski definition) is 2. The van der Waals surface area contributed by atoms with Gasteiger partial charge in [-0.25, -0.2) is 4.79 Å². The van der Waals surface area contributed by atoms with E-state index in [2.05, 4.69) is 44.9 Å². The maximum Gasteiger partial charge on any atom is 0.412 e. The van der Waals surface area contributed by atoms with E-state index in [9.17, 15) is 4.79 Å². The van der Waals surface area contributed by atoms with Crippen LogP contribution in [0.5, 0.6) is 0 Å². The Morgan fingerprint density at radius 2 is 1.81 bits per heavy atom. The molecule has 0 bridgehead atoms. The summed E-state index contributed by atoms with van der Waals surface area (Å²) in [4.78, 5) is 11.8. The minimum absolute atomic E-state index is 0.233. The average molecular weight is 305 g/mol. The second-order valence-corrected chi connectivity index (χ2v) is 12.2. The van der Waals surface area contributed by atoms with Crippen molar-refractivity contribution < 1.29 is 9.53 Å². The first-order chi connectivity index (χ1) is 9.62. The van der Waals surface area contributed by atoms with Gasteiger partial charge in [-0.15, -0.1) is 0 Å². The first kappa shape index (κ1) is 17.5. The second-order valence-electron chi connectivity index (χ2n) is 6.93. The minimum atomic E-state index is -1.49. The minimum Gasteiger partial charge on any atom is -0.442 e. The highest BCUT2D eigenvalue weighted by Crippen LogP contribution is 2.36. The summed E-state index contributed by atoms with van der Waals surface area (Å²) >= 11 is 0. The number of ether oxygens (including phenoxy) is 1. The predicted octanol–water partition coefficient (Wildman–Crippen LogP) is 5.23. The fourth-order valence-electron chi connectivity index (χ4n) is 1.50. The lowest BCUT2D eigenvalue weighted by atomic mass is 10.2. The summed E-state index contributed by atoms with van der Waals surface area (Å²) in [5, 5.41) is 3.00. The monoisotopic (exact) mass is 305 g/mol. The van der Waals surface area contributed by atoms with Gasteiger partial charge in [-0.1, -0.05) is 63.8 Å². The number of carbonyl (C=O) groups excluding carboxylic acids is 1. The lowest BCUT2D eigenvalue weighted by Crippen LogP contribution is -2.35. The standard InChI is InChI=1S/C17H27NO2Si/c1-14(12-13-21(5,6)17(2,3)4)20-16(19)18-15-10-8-7-9-11-15/h7-14H,1-6H3,(H,18,19)/b13-12+. The van der Waals surface area contributed by atoms with Crippen molar-refractivity contribution in [2.24, 2.45) is 0 Å². The number of anilines is 1. The molecule has 0 aromatic heterocycles. The number of carbonyl (C=O) groups is 1. The molecule has 21 heavy (non-hydrogen) atoms. The molecule has 0 saturated heterocycles. The summed E-state index contributed by atoms with van der Waals surface area (Å²) in [6.45, 7) is 13.3. The Morgan fingerprint density at radius 1 is 1.24 bits per heavy atom. The molecule has 1 amide bonds. The Kier molecular flexibility index (Phi) is 5.78. The van der Waals surface area contributed by atoms with Crippen LogP contribution in [0.2, 0.25) is 18.1 Å². The normalized spacial score (nSPS) is 14.0. The van der Waals surface area contributed by atoms with E-state index < -0.39 is 14.2 Å². The summed E-state index contributed by atoms with van der Waals surface area (Å²) in [5.41, 5.74) is 3.00. The topological polar surface area (TPSA) is 38.3 Å². The zero-order valence-corrected chi connectivity index (χ0v) is 14.9. The van der Waals surface area contributed by atoms with Crippen molar-refractivity contribution in [2.75, 3.05) is 5.32 Å². The van der Waals surface area contributed by atoms with Gasteiger partial charge in [0.05, 0.1) is 8.07 Å². The lowest BCUT2D eigenvalue weighted by molar-refractivity contribution is 0.142. The third-order valence-electron chi connectivity index (χ3n) is 4.03. The summed E-state index contributed by atoms with van der Waals surface area (Å²) in [6, 6.07) is 9.31. The number of nitrogens with one attached hydrogen (secondary N) is 1. The molecule has 4 heteroatoms. The van der Waals surface area contributed by atoms with Crippen LogP contribution in [0.25, 0.3) is 0 Å². The van der Waals surface area contributed by atoms with Gasteiger partial charge in [0.2, 0.25) is 0 Å². The van der Waals surface area contributed by atoms with Crippen LogP contribution in [0.3, 0.4) is 0 Å². The molecule has 1 N–H and O–H groups in total. The Labute approximate surface area is 129 Å². The Balaban J connectivity index is 2.54. The van der Waals surface area contributed by atoms with Crippen LogP contribution in [0, 0.1) is 0 Å². The molecule has 0 radical (unpaired) electrons. The number of amides is 1. The molecular weight excluding hydrogens is 278 g/mol. The van der Waals surface area contributed by atoms with Crippen LogP contribution in [0.4, 0.5) is 10.5 Å². The summed E-state index contributed by atoms with van der Waals surface area (Å²) in [5.74, 6) is 0. The first-order valence-electron chi connectivity index (χ1n) is 7.34. The Morgan fingerprint density at radius 3 is 2.33 bits per heavy atom. The highest BCUT2D eigenvalue weighted by Gasteiger charge is 2.32. The molecule has 1 rings (SSSR count). The quantitative estimate of drug-likeness (QED) is 0.774. The molecule has 0 aliphatic heterocycles. The van der Waals surface area contributed by atoms with E-state index in [0.29, 0.717) is 0 Å². The van der Waals surface area contributed by atoms with E-state index in [0.717, 1.165) is 5.69 Å². The molecule has 0 aliphatic carbocycles. The van der Waals surface area contributed by atoms with E-state index in [1.54, 1.807) is 0 Å². The highest BCUT2D eigenvalue weighted by atomic mass is 28.3. The third kappa shape index (κ3) is 5.75. The van der Waals surface area contributed by atoms with Crippen LogP contribution in [0.15, 0.2) is 42.1 Å². The van der Waals surface area contributed by atoms with Crippen molar-refractivity contribution in [2.45, 2.75) is 51.9 Å². The van der Waals surface area contributed by atoms with Crippen molar-refractivity contribution >= 4 is 19.9 Å². The van der Waals surface area contributed by atoms with Gasteiger partial charge in [0.1, 0.15) is 6.10 Å². The van der Waals surface area contributed by atoms with Gasteiger partial charge in [0, 0.05) is 5.69 Å². The van der Waals surface area contributed by atoms with Crippen molar-refractivity contribution in [3.63, 3.8) is 0 Å². The van der Waals surface area contributed by atoms with Gasteiger partial charge in [0.25, 0.3) is 0 Å². The molecule has 0 saturated carbocycles. The van der Waals surface area contributed by atoms with Gasteiger partial charge < -0.3 is 4.74 Å². The van der Waals surface area contributed by atoms with Gasteiger partial charge in [-0.05, 0) is 24.1 Å². The Hall–Kier alpha value is -1.55. The van der Waals surface area contributed by atoms with Crippen LogP contribution in [-0.2, 0) is 4.74 Å². The molecule has 0 heterocycles. The average Bonchev–Trinajstić information content (AvgIpc) is 2.36. The number of rotatable bonds is 4. The molecule has 0 fully saturated rings. The molecule has 1 aromatic carbocycles. The molecular formula is C17H27NO2Si. The van der Waals surface area contributed by atoms with Gasteiger partial charge in [-0.2, -0.15) is 0 Å². The van der Waals surface area contributed by atoms with Crippen molar-refractivity contribution in [3.8, 4) is 0 Å². The number of benzene rings is 1. The zero-order valence-electron chi connectivity index (χ0n) is 13.9. The summed E-state index contributed by atoms with van der Waals surface area (Å²) < 4.78 is 5.35. The van der Waals surface area contributed by atoms with Crippen LogP contribution in [-0.4, -0.2) is 20.3 Å². The molecule has 1 unspecified atom stereocenters. The van der Waals surface area contributed by atoms with Gasteiger partial charge in [0.15, 0.2) is 0 Å². The van der Waals surface area contributed by atoms with E-state index in [1.807, 2.05) is 43.3 Å². The summed E-state index contributed by atoms with van der Waals surface area (Å²) in [7, 11) is -1.49. The maximum atomic E-state index is 11.8. The maximum absolute atomic E-state index is 11.8.